The molecule has 2 aliphatic rings. The van der Waals surface area contributed by atoms with Gasteiger partial charge in [0, 0.05) is 62.1 Å². The SMILES string of the molecule is O=C1NCCN1CCN1CC=C(c2cn(-c3ccc(F)cc3)c3ccc(F)cc23)CC1. The van der Waals surface area contributed by atoms with Gasteiger partial charge in [-0.1, -0.05) is 6.08 Å². The second-order valence-corrected chi connectivity index (χ2v) is 8.05. The molecule has 0 aliphatic carbocycles. The first kappa shape index (κ1) is 19.8. The third-order valence-electron chi connectivity index (χ3n) is 6.14. The van der Waals surface area contributed by atoms with Crippen molar-refractivity contribution in [1.29, 1.82) is 0 Å². The largest absolute Gasteiger partial charge is 0.336 e. The smallest absolute Gasteiger partial charge is 0.317 e. The molecule has 5 nitrogen and oxygen atoms in total. The van der Waals surface area contributed by atoms with Crippen molar-refractivity contribution in [3.05, 3.63) is 71.9 Å². The molecule has 3 aromatic rings. The van der Waals surface area contributed by atoms with Crippen LogP contribution in [0.1, 0.15) is 12.0 Å². The third-order valence-corrected chi connectivity index (χ3v) is 6.14. The molecule has 0 atom stereocenters. The van der Waals surface area contributed by atoms with Crippen LogP contribution in [0.15, 0.2) is 54.7 Å². The van der Waals surface area contributed by atoms with Crippen molar-refractivity contribution in [1.82, 2.24) is 19.7 Å². The fourth-order valence-corrected chi connectivity index (χ4v) is 4.42. The molecule has 1 N–H and O–H groups in total. The fourth-order valence-electron chi connectivity index (χ4n) is 4.42. The molecular formula is C24H24F2N4O. The van der Waals surface area contributed by atoms with Crippen LogP contribution in [0.25, 0.3) is 22.2 Å². The lowest BCUT2D eigenvalue weighted by Crippen LogP contribution is -2.38. The Labute approximate surface area is 179 Å². The predicted molar refractivity (Wildman–Crippen MR) is 117 cm³/mol. The number of nitrogens with one attached hydrogen (secondary N) is 1. The lowest BCUT2D eigenvalue weighted by molar-refractivity contribution is 0.205. The van der Waals surface area contributed by atoms with E-state index in [9.17, 15) is 13.6 Å². The van der Waals surface area contributed by atoms with Gasteiger partial charge < -0.3 is 14.8 Å². The minimum atomic E-state index is -0.284. The zero-order chi connectivity index (χ0) is 21.4. The van der Waals surface area contributed by atoms with Crippen molar-refractivity contribution in [3.63, 3.8) is 0 Å². The van der Waals surface area contributed by atoms with Gasteiger partial charge >= 0.3 is 6.03 Å². The number of benzene rings is 2. The first-order chi connectivity index (χ1) is 15.1. The van der Waals surface area contributed by atoms with E-state index in [1.54, 1.807) is 24.3 Å². The lowest BCUT2D eigenvalue weighted by Gasteiger charge is -2.28. The van der Waals surface area contributed by atoms with E-state index in [1.165, 1.54) is 23.8 Å². The highest BCUT2D eigenvalue weighted by Crippen LogP contribution is 2.33. The zero-order valence-electron chi connectivity index (χ0n) is 17.2. The van der Waals surface area contributed by atoms with E-state index in [1.807, 2.05) is 15.7 Å². The molecule has 2 aliphatic heterocycles. The van der Waals surface area contributed by atoms with Gasteiger partial charge in [-0.15, -0.1) is 0 Å². The molecule has 1 aromatic heterocycles. The summed E-state index contributed by atoms with van der Waals surface area (Å²) in [7, 11) is 0. The van der Waals surface area contributed by atoms with Crippen LogP contribution in [0, 0.1) is 11.6 Å². The van der Waals surface area contributed by atoms with Crippen molar-refractivity contribution in [2.75, 3.05) is 39.3 Å². The summed E-state index contributed by atoms with van der Waals surface area (Å²) in [5, 5.41) is 3.69. The van der Waals surface area contributed by atoms with E-state index in [2.05, 4.69) is 16.3 Å². The van der Waals surface area contributed by atoms with Crippen LogP contribution in [0.4, 0.5) is 13.6 Å². The Kier molecular flexibility index (Phi) is 5.19. The van der Waals surface area contributed by atoms with Gasteiger partial charge in [-0.3, -0.25) is 4.90 Å². The number of nitrogens with zero attached hydrogens (tertiary/aromatic N) is 3. The molecule has 2 aromatic carbocycles. The van der Waals surface area contributed by atoms with Gasteiger partial charge in [-0.25, -0.2) is 13.6 Å². The number of hydrogen-bond donors (Lipinski definition) is 1. The first-order valence-electron chi connectivity index (χ1n) is 10.6. The highest BCUT2D eigenvalue weighted by molar-refractivity contribution is 5.94. The van der Waals surface area contributed by atoms with E-state index in [4.69, 9.17) is 0 Å². The molecule has 2 amide bonds. The standard InChI is InChI=1S/C24H24F2N4O/c25-18-1-4-20(5-2-18)30-16-22(21-15-19(26)3-6-23(21)30)17-7-10-28(11-8-17)13-14-29-12-9-27-24(29)31/h1-7,15-16H,8-14H2,(H,27,31). The van der Waals surface area contributed by atoms with Crippen molar-refractivity contribution in [2.45, 2.75) is 6.42 Å². The maximum absolute atomic E-state index is 14.1. The van der Waals surface area contributed by atoms with Crippen molar-refractivity contribution in [2.24, 2.45) is 0 Å². The summed E-state index contributed by atoms with van der Waals surface area (Å²) in [6, 6.07) is 11.1. The van der Waals surface area contributed by atoms with Crippen LogP contribution in [0.2, 0.25) is 0 Å². The van der Waals surface area contributed by atoms with E-state index in [-0.39, 0.29) is 17.7 Å². The zero-order valence-corrected chi connectivity index (χ0v) is 17.2. The molecule has 31 heavy (non-hydrogen) atoms. The van der Waals surface area contributed by atoms with E-state index >= 15 is 0 Å². The van der Waals surface area contributed by atoms with Gasteiger partial charge in [0.05, 0.1) is 5.52 Å². The summed E-state index contributed by atoms with van der Waals surface area (Å²) in [6.07, 6.45) is 5.07. The molecule has 0 spiro atoms. The highest BCUT2D eigenvalue weighted by Gasteiger charge is 2.22. The minimum absolute atomic E-state index is 0.0175. The summed E-state index contributed by atoms with van der Waals surface area (Å²) >= 11 is 0. The summed E-state index contributed by atoms with van der Waals surface area (Å²) in [5.74, 6) is -0.555. The Morgan fingerprint density at radius 2 is 1.77 bits per heavy atom. The summed E-state index contributed by atoms with van der Waals surface area (Å²) in [5.41, 5.74) is 3.93. The summed E-state index contributed by atoms with van der Waals surface area (Å²) < 4.78 is 29.4. The number of carbonyl (C=O) groups is 1. The second kappa shape index (κ2) is 8.15. The first-order valence-corrected chi connectivity index (χ1v) is 10.6. The average molecular weight is 422 g/mol. The van der Waals surface area contributed by atoms with Gasteiger partial charge in [-0.2, -0.15) is 0 Å². The molecule has 160 valence electrons. The van der Waals surface area contributed by atoms with Crippen molar-refractivity contribution in [3.8, 4) is 5.69 Å². The van der Waals surface area contributed by atoms with Crippen molar-refractivity contribution >= 4 is 22.5 Å². The molecule has 1 saturated heterocycles. The maximum atomic E-state index is 14.1. The molecule has 5 rings (SSSR count). The number of carbonyl (C=O) groups excluding carboxylic acids is 1. The van der Waals surface area contributed by atoms with Crippen LogP contribution in [0.3, 0.4) is 0 Å². The van der Waals surface area contributed by atoms with Gasteiger partial charge in [-0.05, 0) is 54.5 Å². The molecule has 1 fully saturated rings. The van der Waals surface area contributed by atoms with Gasteiger partial charge in [0.1, 0.15) is 11.6 Å². The highest BCUT2D eigenvalue weighted by atomic mass is 19.1. The number of rotatable bonds is 5. The van der Waals surface area contributed by atoms with Gasteiger partial charge in [0.25, 0.3) is 0 Å². The molecule has 0 bridgehead atoms. The second-order valence-electron chi connectivity index (χ2n) is 8.05. The fraction of sp³-hybridized carbons (Fsp3) is 0.292. The monoisotopic (exact) mass is 422 g/mol. The number of hydrogen-bond acceptors (Lipinski definition) is 2. The molecule has 0 radical (unpaired) electrons. The summed E-state index contributed by atoms with van der Waals surface area (Å²) in [4.78, 5) is 15.9. The maximum Gasteiger partial charge on any atom is 0.317 e. The molecule has 3 heterocycles. The third kappa shape index (κ3) is 3.93. The Balaban J connectivity index is 1.40. The van der Waals surface area contributed by atoms with E-state index in [0.717, 1.165) is 67.8 Å². The number of aromatic nitrogens is 1. The van der Waals surface area contributed by atoms with Crippen LogP contribution >= 0.6 is 0 Å². The molecule has 7 heteroatoms. The topological polar surface area (TPSA) is 40.5 Å². The predicted octanol–water partition coefficient (Wildman–Crippen LogP) is 4.02. The molecule has 0 saturated carbocycles. The lowest BCUT2D eigenvalue weighted by atomic mass is 9.99. The van der Waals surface area contributed by atoms with E-state index in [0.29, 0.717) is 0 Å². The molecule has 0 unspecified atom stereocenters. The quantitative estimate of drug-likeness (QED) is 0.675. The van der Waals surface area contributed by atoms with Gasteiger partial charge in [0.2, 0.25) is 0 Å². The van der Waals surface area contributed by atoms with E-state index < -0.39 is 0 Å². The Bertz CT molecular complexity index is 1150. The Hall–Kier alpha value is -3.19. The van der Waals surface area contributed by atoms with Gasteiger partial charge in [0.15, 0.2) is 0 Å². The van der Waals surface area contributed by atoms with Crippen LogP contribution < -0.4 is 5.32 Å². The van der Waals surface area contributed by atoms with Crippen molar-refractivity contribution < 1.29 is 13.6 Å². The number of fused-ring (bicyclic) bond motifs is 1. The van der Waals surface area contributed by atoms with Crippen LogP contribution in [-0.4, -0.2) is 59.7 Å². The Morgan fingerprint density at radius 1 is 0.968 bits per heavy atom. The number of amides is 2. The average Bonchev–Trinajstić information content (AvgIpc) is 3.36. The Morgan fingerprint density at radius 3 is 2.48 bits per heavy atom. The minimum Gasteiger partial charge on any atom is -0.336 e. The summed E-state index contributed by atoms with van der Waals surface area (Å²) in [6.45, 7) is 4.73. The molecular weight excluding hydrogens is 398 g/mol. The van der Waals surface area contributed by atoms with Crippen LogP contribution in [-0.2, 0) is 0 Å². The normalized spacial score (nSPS) is 17.3. The van der Waals surface area contributed by atoms with Crippen LogP contribution in [0.5, 0.6) is 0 Å². The number of urea groups is 1. The number of halogens is 2.